The fourth-order valence-electron chi connectivity index (χ4n) is 4.63. The number of methoxy groups -OCH3 is 1. The third-order valence-corrected chi connectivity index (χ3v) is 9.06. The number of carbonyl (C=O) groups is 1. The zero-order chi connectivity index (χ0) is 26.1. The lowest BCUT2D eigenvalue weighted by Crippen LogP contribution is -2.39. The Hall–Kier alpha value is -1.76. The third kappa shape index (κ3) is 5.81. The molecule has 0 saturated carbocycles. The number of thioether (sulfide) groups is 1. The largest absolute Gasteiger partial charge is 0.384 e. The number of aliphatic hydroxyl groups is 1. The summed E-state index contributed by atoms with van der Waals surface area (Å²) in [5, 5.41) is 15.9. The average molecular weight is 525 g/mol. The van der Waals surface area contributed by atoms with E-state index in [1.165, 1.54) is 16.4 Å². The zero-order valence-electron chi connectivity index (χ0n) is 21.2. The Morgan fingerprint density at radius 3 is 2.40 bits per heavy atom. The molecule has 1 aliphatic heterocycles. The summed E-state index contributed by atoms with van der Waals surface area (Å²) in [4.78, 5) is 13.6. The maximum Gasteiger partial charge on any atom is 0.255 e. The normalized spacial score (nSPS) is 21.5. The van der Waals surface area contributed by atoms with Crippen molar-refractivity contribution in [2.45, 2.75) is 69.6 Å². The number of hydrogen-bond acceptors (Lipinski definition) is 8. The van der Waals surface area contributed by atoms with Crippen molar-refractivity contribution >= 4 is 27.7 Å². The van der Waals surface area contributed by atoms with E-state index in [2.05, 4.69) is 0 Å². The SMILES string of the molecule is COCC(C)(C)C(=O)n1nc(C2CC(O)N(S(C)(=O)=O)C2C)c(C)c1SCc1ccc(CN)cc1. The Morgan fingerprint density at radius 1 is 1.29 bits per heavy atom. The molecule has 0 spiro atoms. The summed E-state index contributed by atoms with van der Waals surface area (Å²) in [5.74, 6) is 0.0657. The third-order valence-electron chi connectivity index (χ3n) is 6.49. The van der Waals surface area contributed by atoms with Gasteiger partial charge in [0.25, 0.3) is 5.91 Å². The number of aliphatic hydroxyl groups excluding tert-OH is 1. The van der Waals surface area contributed by atoms with Gasteiger partial charge in [0, 0.05) is 36.9 Å². The van der Waals surface area contributed by atoms with E-state index >= 15 is 0 Å². The number of aromatic nitrogens is 2. The van der Waals surface area contributed by atoms with Crippen LogP contribution in [0.25, 0.3) is 0 Å². The molecule has 0 aliphatic carbocycles. The van der Waals surface area contributed by atoms with Gasteiger partial charge in [-0.2, -0.15) is 14.1 Å². The van der Waals surface area contributed by atoms with Crippen LogP contribution in [0.1, 0.15) is 60.3 Å². The average Bonchev–Trinajstić information content (AvgIpc) is 3.26. The number of nitrogens with zero attached hydrogens (tertiary/aromatic N) is 3. The van der Waals surface area contributed by atoms with Crippen molar-refractivity contribution in [3.8, 4) is 0 Å². The van der Waals surface area contributed by atoms with Crippen LogP contribution >= 0.6 is 11.8 Å². The Kier molecular flexibility index (Phi) is 8.50. The van der Waals surface area contributed by atoms with Gasteiger partial charge in [-0.3, -0.25) is 4.79 Å². The van der Waals surface area contributed by atoms with Gasteiger partial charge in [-0.1, -0.05) is 24.3 Å². The Balaban J connectivity index is 2.01. The molecule has 2 aromatic rings. The van der Waals surface area contributed by atoms with Crippen LogP contribution in [-0.2, 0) is 27.1 Å². The molecule has 9 nitrogen and oxygen atoms in total. The fourth-order valence-corrected chi connectivity index (χ4v) is 6.97. The molecule has 35 heavy (non-hydrogen) atoms. The number of hydrogen-bond donors (Lipinski definition) is 2. The van der Waals surface area contributed by atoms with Crippen molar-refractivity contribution in [2.24, 2.45) is 11.1 Å². The van der Waals surface area contributed by atoms with E-state index in [0.29, 0.717) is 23.0 Å². The van der Waals surface area contributed by atoms with Crippen LogP contribution in [0.4, 0.5) is 0 Å². The summed E-state index contributed by atoms with van der Waals surface area (Å²) < 4.78 is 32.4. The van der Waals surface area contributed by atoms with E-state index in [9.17, 15) is 18.3 Å². The Labute approximate surface area is 212 Å². The molecule has 1 saturated heterocycles. The van der Waals surface area contributed by atoms with Crippen molar-refractivity contribution < 1.29 is 23.1 Å². The smallest absolute Gasteiger partial charge is 0.255 e. The van der Waals surface area contributed by atoms with Gasteiger partial charge in [0.2, 0.25) is 10.0 Å². The molecular weight excluding hydrogens is 488 g/mol. The number of rotatable bonds is 9. The lowest BCUT2D eigenvalue weighted by molar-refractivity contribution is 0.0513. The minimum Gasteiger partial charge on any atom is -0.384 e. The predicted octanol–water partition coefficient (Wildman–Crippen LogP) is 2.71. The monoisotopic (exact) mass is 524 g/mol. The van der Waals surface area contributed by atoms with E-state index in [1.54, 1.807) is 14.0 Å². The molecule has 1 fully saturated rings. The molecule has 1 aliphatic rings. The van der Waals surface area contributed by atoms with E-state index in [0.717, 1.165) is 27.3 Å². The number of sulfonamides is 1. The highest BCUT2D eigenvalue weighted by Crippen LogP contribution is 2.41. The van der Waals surface area contributed by atoms with Crippen molar-refractivity contribution in [2.75, 3.05) is 20.0 Å². The molecular formula is C24H36N4O5S2. The van der Waals surface area contributed by atoms with E-state index in [1.807, 2.05) is 45.0 Å². The van der Waals surface area contributed by atoms with Gasteiger partial charge < -0.3 is 15.6 Å². The topological polar surface area (TPSA) is 128 Å². The summed E-state index contributed by atoms with van der Waals surface area (Å²) in [5.41, 5.74) is 8.45. The van der Waals surface area contributed by atoms with Crippen molar-refractivity contribution in [1.29, 1.82) is 0 Å². The second-order valence-corrected chi connectivity index (χ2v) is 12.7. The van der Waals surface area contributed by atoms with Crippen LogP contribution in [0, 0.1) is 12.3 Å². The summed E-state index contributed by atoms with van der Waals surface area (Å²) in [6.45, 7) is 7.99. The molecule has 194 valence electrons. The molecule has 3 unspecified atom stereocenters. The second kappa shape index (κ2) is 10.7. The van der Waals surface area contributed by atoms with Crippen LogP contribution in [0.3, 0.4) is 0 Å². The molecule has 1 aromatic heterocycles. The summed E-state index contributed by atoms with van der Waals surface area (Å²) in [6, 6.07) is 7.51. The van der Waals surface area contributed by atoms with Crippen LogP contribution < -0.4 is 5.73 Å². The second-order valence-electron chi connectivity index (χ2n) is 9.81. The van der Waals surface area contributed by atoms with Crippen molar-refractivity contribution in [3.05, 3.63) is 46.6 Å². The number of carbonyl (C=O) groups excluding carboxylic acids is 1. The minimum atomic E-state index is -3.61. The van der Waals surface area contributed by atoms with Gasteiger partial charge in [0.05, 0.1) is 24.0 Å². The lowest BCUT2D eigenvalue weighted by atomic mass is 9.94. The predicted molar refractivity (Wildman–Crippen MR) is 137 cm³/mol. The van der Waals surface area contributed by atoms with Crippen LogP contribution in [-0.4, -0.2) is 65.8 Å². The first kappa shape index (κ1) is 27.8. The lowest BCUT2D eigenvalue weighted by Gasteiger charge is -2.23. The molecule has 2 heterocycles. The highest BCUT2D eigenvalue weighted by molar-refractivity contribution is 7.98. The molecule has 0 radical (unpaired) electrons. The molecule has 0 bridgehead atoms. The first-order valence-corrected chi connectivity index (χ1v) is 14.4. The van der Waals surface area contributed by atoms with E-state index < -0.39 is 27.7 Å². The van der Waals surface area contributed by atoms with Crippen LogP contribution in [0.5, 0.6) is 0 Å². The highest BCUT2D eigenvalue weighted by Gasteiger charge is 2.46. The molecule has 3 N–H and O–H groups in total. The van der Waals surface area contributed by atoms with Crippen molar-refractivity contribution in [3.63, 3.8) is 0 Å². The minimum absolute atomic E-state index is 0.208. The Bertz CT molecular complexity index is 1160. The number of ether oxygens (including phenoxy) is 1. The highest BCUT2D eigenvalue weighted by atomic mass is 32.2. The Morgan fingerprint density at radius 2 is 1.89 bits per heavy atom. The fraction of sp³-hybridized carbons (Fsp3) is 0.583. The van der Waals surface area contributed by atoms with E-state index in [4.69, 9.17) is 15.6 Å². The summed E-state index contributed by atoms with van der Waals surface area (Å²) in [6.07, 6.45) is 0.174. The molecule has 11 heteroatoms. The molecule has 0 amide bonds. The first-order chi connectivity index (χ1) is 16.3. The van der Waals surface area contributed by atoms with Gasteiger partial charge in [-0.15, -0.1) is 11.8 Å². The summed E-state index contributed by atoms with van der Waals surface area (Å²) >= 11 is 1.50. The van der Waals surface area contributed by atoms with E-state index in [-0.39, 0.29) is 24.9 Å². The van der Waals surface area contributed by atoms with Gasteiger partial charge >= 0.3 is 0 Å². The maximum absolute atomic E-state index is 13.6. The quantitative estimate of drug-likeness (QED) is 0.479. The standard InChI is InChI=1S/C24H36N4O5S2/c1-15-21(19-11-20(29)28(16(19)2)35(6,31)32)26-27(23(30)24(3,4)14-33-5)22(15)34-13-18-9-7-17(12-25)8-10-18/h7-10,16,19-20,29H,11-14,25H2,1-6H3. The van der Waals surface area contributed by atoms with Crippen LogP contribution in [0.15, 0.2) is 29.3 Å². The number of nitrogens with two attached hydrogens (primary N) is 1. The summed E-state index contributed by atoms with van der Waals surface area (Å²) in [7, 11) is -2.05. The van der Waals surface area contributed by atoms with Gasteiger partial charge in [0.15, 0.2) is 0 Å². The molecule has 3 atom stereocenters. The number of benzene rings is 1. The van der Waals surface area contributed by atoms with Crippen LogP contribution in [0.2, 0.25) is 0 Å². The zero-order valence-corrected chi connectivity index (χ0v) is 22.8. The van der Waals surface area contributed by atoms with Crippen molar-refractivity contribution in [1.82, 2.24) is 14.1 Å². The van der Waals surface area contributed by atoms with Gasteiger partial charge in [0.1, 0.15) is 11.3 Å². The van der Waals surface area contributed by atoms with Gasteiger partial charge in [-0.05, 0) is 45.2 Å². The first-order valence-electron chi connectivity index (χ1n) is 11.5. The van der Waals surface area contributed by atoms with Gasteiger partial charge in [-0.25, -0.2) is 8.42 Å². The molecule has 3 rings (SSSR count). The maximum atomic E-state index is 13.6. The molecule has 1 aromatic carbocycles.